The van der Waals surface area contributed by atoms with E-state index in [0.29, 0.717) is 25.4 Å². The van der Waals surface area contributed by atoms with Gasteiger partial charge in [0.15, 0.2) is 0 Å². The van der Waals surface area contributed by atoms with Crippen molar-refractivity contribution in [3.05, 3.63) is 35.4 Å². The van der Waals surface area contributed by atoms with E-state index >= 15 is 0 Å². The van der Waals surface area contributed by atoms with Gasteiger partial charge in [-0.15, -0.1) is 11.8 Å². The quantitative estimate of drug-likeness (QED) is 0.873. The lowest BCUT2D eigenvalue weighted by atomic mass is 10.00. The van der Waals surface area contributed by atoms with Crippen LogP contribution in [0.15, 0.2) is 24.3 Å². The minimum Gasteiger partial charge on any atom is -0.344 e. The summed E-state index contributed by atoms with van der Waals surface area (Å²) in [6.07, 6.45) is 0.601. The predicted octanol–water partition coefficient (Wildman–Crippen LogP) is 0.956. The molecule has 0 saturated carbocycles. The van der Waals surface area contributed by atoms with Crippen molar-refractivity contribution in [3.63, 3.8) is 0 Å². The standard InChI is InChI=1S/C18H21N3O3S/c22-16(21-9-12-3-1-2-4-13(12)10-21)8-14-7-15(19-17(14)23)18(24)20-5-6-25-11-20/h1-4,14-15H,5-11H2,(H,19,23)/t14-,15-/m0/s1. The number of fused-ring (bicyclic) bond motifs is 1. The Morgan fingerprint density at radius 1 is 1.16 bits per heavy atom. The molecule has 3 amide bonds. The molecule has 1 N–H and O–H groups in total. The molecule has 0 spiro atoms. The summed E-state index contributed by atoms with van der Waals surface area (Å²) in [5, 5.41) is 2.78. The highest BCUT2D eigenvalue weighted by Crippen LogP contribution is 2.27. The van der Waals surface area contributed by atoms with E-state index in [9.17, 15) is 14.4 Å². The molecule has 132 valence electrons. The van der Waals surface area contributed by atoms with E-state index in [1.807, 2.05) is 24.3 Å². The summed E-state index contributed by atoms with van der Waals surface area (Å²) >= 11 is 1.72. The fraction of sp³-hybridized carbons (Fsp3) is 0.500. The van der Waals surface area contributed by atoms with Gasteiger partial charge in [-0.2, -0.15) is 0 Å². The fourth-order valence-corrected chi connectivity index (χ4v) is 4.69. The second-order valence-electron chi connectivity index (χ2n) is 6.86. The Balaban J connectivity index is 1.34. The molecule has 0 unspecified atom stereocenters. The molecule has 6 nitrogen and oxygen atoms in total. The third-order valence-electron chi connectivity index (χ3n) is 5.18. The fourth-order valence-electron chi connectivity index (χ4n) is 3.74. The van der Waals surface area contributed by atoms with Crippen molar-refractivity contribution in [3.8, 4) is 0 Å². The predicted molar refractivity (Wildman–Crippen MR) is 94.4 cm³/mol. The van der Waals surface area contributed by atoms with Crippen LogP contribution in [-0.4, -0.2) is 51.7 Å². The highest BCUT2D eigenvalue weighted by molar-refractivity contribution is 7.99. The molecule has 1 aromatic rings. The number of hydrogen-bond acceptors (Lipinski definition) is 4. The summed E-state index contributed by atoms with van der Waals surface area (Å²) in [5.41, 5.74) is 2.35. The lowest BCUT2D eigenvalue weighted by Crippen LogP contribution is -2.43. The van der Waals surface area contributed by atoms with Crippen LogP contribution in [0, 0.1) is 5.92 Å². The van der Waals surface area contributed by atoms with Crippen molar-refractivity contribution < 1.29 is 14.4 Å². The maximum Gasteiger partial charge on any atom is 0.245 e. The topological polar surface area (TPSA) is 69.7 Å². The van der Waals surface area contributed by atoms with Gasteiger partial charge in [-0.25, -0.2) is 0 Å². The molecule has 0 bridgehead atoms. The Bertz CT molecular complexity index is 692. The monoisotopic (exact) mass is 359 g/mol. The van der Waals surface area contributed by atoms with Gasteiger partial charge in [0.2, 0.25) is 17.7 Å². The van der Waals surface area contributed by atoms with Crippen molar-refractivity contribution in [2.45, 2.75) is 32.0 Å². The highest BCUT2D eigenvalue weighted by atomic mass is 32.2. The van der Waals surface area contributed by atoms with Crippen molar-refractivity contribution in [1.82, 2.24) is 15.1 Å². The molecule has 0 aliphatic carbocycles. The first-order valence-electron chi connectivity index (χ1n) is 8.63. The molecule has 2 atom stereocenters. The summed E-state index contributed by atoms with van der Waals surface area (Å²) in [7, 11) is 0. The summed E-state index contributed by atoms with van der Waals surface area (Å²) in [6, 6.07) is 7.55. The number of benzene rings is 1. The van der Waals surface area contributed by atoms with Crippen LogP contribution in [0.4, 0.5) is 0 Å². The summed E-state index contributed by atoms with van der Waals surface area (Å²) in [5.74, 6) is 1.05. The second kappa shape index (κ2) is 6.71. The number of carbonyl (C=O) groups is 3. The number of hydrogen-bond donors (Lipinski definition) is 1. The zero-order valence-electron chi connectivity index (χ0n) is 13.9. The first kappa shape index (κ1) is 16.4. The van der Waals surface area contributed by atoms with Crippen LogP contribution in [0.25, 0.3) is 0 Å². The van der Waals surface area contributed by atoms with Gasteiger partial charge >= 0.3 is 0 Å². The maximum atomic E-state index is 12.6. The molecule has 3 aliphatic heterocycles. The van der Waals surface area contributed by atoms with Crippen molar-refractivity contribution in [2.75, 3.05) is 18.2 Å². The number of nitrogens with zero attached hydrogens (tertiary/aromatic N) is 2. The van der Waals surface area contributed by atoms with Gasteiger partial charge in [0.05, 0.1) is 5.88 Å². The highest BCUT2D eigenvalue weighted by Gasteiger charge is 2.40. The van der Waals surface area contributed by atoms with Gasteiger partial charge in [0, 0.05) is 37.7 Å². The average molecular weight is 359 g/mol. The van der Waals surface area contributed by atoms with Crippen LogP contribution in [0.2, 0.25) is 0 Å². The molecule has 0 aromatic heterocycles. The number of amides is 3. The molecule has 0 radical (unpaired) electrons. The van der Waals surface area contributed by atoms with Gasteiger partial charge < -0.3 is 15.1 Å². The number of nitrogens with one attached hydrogen (secondary N) is 1. The molecule has 3 aliphatic rings. The lowest BCUT2D eigenvalue weighted by Gasteiger charge is -2.19. The van der Waals surface area contributed by atoms with E-state index in [4.69, 9.17) is 0 Å². The van der Waals surface area contributed by atoms with Crippen LogP contribution in [0.1, 0.15) is 24.0 Å². The van der Waals surface area contributed by atoms with Gasteiger partial charge in [0.1, 0.15) is 6.04 Å². The largest absolute Gasteiger partial charge is 0.344 e. The van der Waals surface area contributed by atoms with Crippen molar-refractivity contribution in [1.29, 1.82) is 0 Å². The van der Waals surface area contributed by atoms with Gasteiger partial charge in [0.25, 0.3) is 0 Å². The number of rotatable bonds is 3. The minimum atomic E-state index is -0.472. The van der Waals surface area contributed by atoms with Crippen LogP contribution in [0.3, 0.4) is 0 Å². The molecule has 4 rings (SSSR count). The van der Waals surface area contributed by atoms with Crippen LogP contribution < -0.4 is 5.32 Å². The van der Waals surface area contributed by atoms with E-state index in [1.54, 1.807) is 21.6 Å². The Morgan fingerprint density at radius 2 is 1.88 bits per heavy atom. The van der Waals surface area contributed by atoms with Gasteiger partial charge in [-0.05, 0) is 17.5 Å². The molecule has 3 heterocycles. The second-order valence-corrected chi connectivity index (χ2v) is 7.93. The Labute approximate surface area is 150 Å². The third kappa shape index (κ3) is 3.25. The summed E-state index contributed by atoms with van der Waals surface area (Å²) < 4.78 is 0. The van der Waals surface area contributed by atoms with E-state index in [1.165, 1.54) is 11.1 Å². The normalized spacial score (nSPS) is 25.2. The molecule has 2 fully saturated rings. The van der Waals surface area contributed by atoms with E-state index in [-0.39, 0.29) is 24.1 Å². The molecule has 2 saturated heterocycles. The molecule has 7 heteroatoms. The SMILES string of the molecule is O=C1N[C@H](C(=O)N2CCSC2)C[C@H]1CC(=O)N1Cc2ccccc2C1. The van der Waals surface area contributed by atoms with E-state index in [0.717, 1.165) is 12.3 Å². The van der Waals surface area contributed by atoms with Gasteiger partial charge in [-0.1, -0.05) is 24.3 Å². The zero-order chi connectivity index (χ0) is 17.4. The van der Waals surface area contributed by atoms with Crippen LogP contribution in [-0.2, 0) is 27.5 Å². The van der Waals surface area contributed by atoms with Crippen molar-refractivity contribution >= 4 is 29.5 Å². The Hall–Kier alpha value is -2.02. The number of thioether (sulfide) groups is 1. The number of carbonyl (C=O) groups excluding carboxylic acids is 3. The molecule has 25 heavy (non-hydrogen) atoms. The lowest BCUT2D eigenvalue weighted by molar-refractivity contribution is -0.135. The van der Waals surface area contributed by atoms with E-state index < -0.39 is 12.0 Å². The Kier molecular flexibility index (Phi) is 4.41. The van der Waals surface area contributed by atoms with Crippen molar-refractivity contribution in [2.24, 2.45) is 5.92 Å². The molecular formula is C18H21N3O3S. The first-order chi connectivity index (χ1) is 12.1. The smallest absolute Gasteiger partial charge is 0.245 e. The van der Waals surface area contributed by atoms with Crippen LogP contribution >= 0.6 is 11.8 Å². The average Bonchev–Trinajstić information content (AvgIpc) is 3.34. The van der Waals surface area contributed by atoms with E-state index in [2.05, 4.69) is 5.32 Å². The third-order valence-corrected chi connectivity index (χ3v) is 6.15. The van der Waals surface area contributed by atoms with Crippen LogP contribution in [0.5, 0.6) is 0 Å². The first-order valence-corrected chi connectivity index (χ1v) is 9.79. The minimum absolute atomic E-state index is 0.0122. The zero-order valence-corrected chi connectivity index (χ0v) is 14.8. The molecule has 1 aromatic carbocycles. The molecular weight excluding hydrogens is 338 g/mol. The Morgan fingerprint density at radius 3 is 2.52 bits per heavy atom. The summed E-state index contributed by atoms with van der Waals surface area (Å²) in [6.45, 7) is 1.96. The maximum absolute atomic E-state index is 12.6. The van der Waals surface area contributed by atoms with Gasteiger partial charge in [-0.3, -0.25) is 14.4 Å². The summed E-state index contributed by atoms with van der Waals surface area (Å²) in [4.78, 5) is 40.8.